The Labute approximate surface area is 105 Å². The standard InChI is InChI=1S/C13H17BrO2/c1-13(2,3)12(16)11(15)8-9-4-6-10(14)7-5-9/h4-7,12,16H,8H2,1-3H3. The average Bonchev–Trinajstić information content (AvgIpc) is 2.19. The second-order valence-electron chi connectivity index (χ2n) is 5.04. The lowest BCUT2D eigenvalue weighted by Gasteiger charge is -2.24. The Kier molecular flexibility index (Phi) is 4.28. The van der Waals surface area contributed by atoms with Gasteiger partial charge in [-0.15, -0.1) is 0 Å². The predicted molar refractivity (Wildman–Crippen MR) is 68.3 cm³/mol. The summed E-state index contributed by atoms with van der Waals surface area (Å²) < 4.78 is 0.986. The fourth-order valence-corrected chi connectivity index (χ4v) is 1.65. The van der Waals surface area contributed by atoms with Crippen molar-refractivity contribution in [3.8, 4) is 0 Å². The van der Waals surface area contributed by atoms with E-state index in [1.54, 1.807) is 0 Å². The minimum atomic E-state index is -0.906. The molecule has 16 heavy (non-hydrogen) atoms. The van der Waals surface area contributed by atoms with Crippen LogP contribution in [-0.2, 0) is 11.2 Å². The van der Waals surface area contributed by atoms with E-state index in [9.17, 15) is 9.90 Å². The molecule has 2 nitrogen and oxygen atoms in total. The number of Topliss-reactive ketones (excluding diaryl/α,β-unsaturated/α-hetero) is 1. The molecule has 1 N–H and O–H groups in total. The first-order chi connectivity index (χ1) is 7.30. The summed E-state index contributed by atoms with van der Waals surface area (Å²) in [5.41, 5.74) is 0.531. The van der Waals surface area contributed by atoms with Crippen LogP contribution >= 0.6 is 15.9 Å². The quantitative estimate of drug-likeness (QED) is 0.927. The van der Waals surface area contributed by atoms with E-state index in [0.29, 0.717) is 0 Å². The molecular formula is C13H17BrO2. The summed E-state index contributed by atoms with van der Waals surface area (Å²) in [4.78, 5) is 11.8. The number of halogens is 1. The molecule has 3 heteroatoms. The van der Waals surface area contributed by atoms with Gasteiger partial charge in [0, 0.05) is 10.9 Å². The van der Waals surface area contributed by atoms with Gasteiger partial charge in [0.25, 0.3) is 0 Å². The Morgan fingerprint density at radius 2 is 1.81 bits per heavy atom. The molecule has 0 spiro atoms. The van der Waals surface area contributed by atoms with E-state index < -0.39 is 11.5 Å². The second kappa shape index (κ2) is 5.11. The molecule has 1 unspecified atom stereocenters. The summed E-state index contributed by atoms with van der Waals surface area (Å²) in [6, 6.07) is 7.56. The van der Waals surface area contributed by atoms with Gasteiger partial charge in [-0.1, -0.05) is 48.8 Å². The largest absolute Gasteiger partial charge is 0.385 e. The summed E-state index contributed by atoms with van der Waals surface area (Å²) in [6.07, 6.45) is -0.623. The topological polar surface area (TPSA) is 37.3 Å². The molecule has 0 aliphatic carbocycles. The molecule has 0 saturated carbocycles. The minimum absolute atomic E-state index is 0.130. The lowest BCUT2D eigenvalue weighted by Crippen LogP contribution is -2.35. The molecule has 1 aromatic rings. The summed E-state index contributed by atoms with van der Waals surface area (Å²) in [6.45, 7) is 5.57. The molecule has 88 valence electrons. The molecule has 1 aromatic carbocycles. The van der Waals surface area contributed by atoms with Gasteiger partial charge in [-0.2, -0.15) is 0 Å². The van der Waals surface area contributed by atoms with Crippen LogP contribution in [0.15, 0.2) is 28.7 Å². The highest BCUT2D eigenvalue weighted by molar-refractivity contribution is 9.10. The van der Waals surface area contributed by atoms with E-state index in [4.69, 9.17) is 0 Å². The third-order valence-corrected chi connectivity index (χ3v) is 2.95. The first-order valence-corrected chi connectivity index (χ1v) is 6.05. The van der Waals surface area contributed by atoms with Crippen molar-refractivity contribution >= 4 is 21.7 Å². The summed E-state index contributed by atoms with van der Waals surface area (Å²) in [7, 11) is 0. The molecule has 0 amide bonds. The van der Waals surface area contributed by atoms with E-state index >= 15 is 0 Å². The summed E-state index contributed by atoms with van der Waals surface area (Å²) in [5.74, 6) is -0.130. The van der Waals surface area contributed by atoms with Crippen LogP contribution in [0.3, 0.4) is 0 Å². The van der Waals surface area contributed by atoms with Crippen LogP contribution in [-0.4, -0.2) is 17.0 Å². The zero-order valence-corrected chi connectivity index (χ0v) is 11.4. The van der Waals surface area contributed by atoms with Crippen LogP contribution in [0.2, 0.25) is 0 Å². The van der Waals surface area contributed by atoms with E-state index in [2.05, 4.69) is 15.9 Å². The third kappa shape index (κ3) is 3.72. The fourth-order valence-electron chi connectivity index (χ4n) is 1.38. The van der Waals surface area contributed by atoms with Crippen molar-refractivity contribution in [2.24, 2.45) is 5.41 Å². The Morgan fingerprint density at radius 1 is 1.31 bits per heavy atom. The van der Waals surface area contributed by atoms with Gasteiger partial charge in [0.2, 0.25) is 0 Å². The van der Waals surface area contributed by atoms with E-state index in [1.807, 2.05) is 45.0 Å². The maximum Gasteiger partial charge on any atom is 0.166 e. The van der Waals surface area contributed by atoms with Crippen molar-refractivity contribution in [1.29, 1.82) is 0 Å². The van der Waals surface area contributed by atoms with Crippen LogP contribution in [0.5, 0.6) is 0 Å². The first kappa shape index (κ1) is 13.4. The van der Waals surface area contributed by atoms with E-state index in [0.717, 1.165) is 10.0 Å². The molecular weight excluding hydrogens is 268 g/mol. The number of carbonyl (C=O) groups excluding carboxylic acids is 1. The molecule has 0 fully saturated rings. The van der Waals surface area contributed by atoms with Gasteiger partial charge in [0.15, 0.2) is 5.78 Å². The number of aliphatic hydroxyl groups is 1. The molecule has 0 saturated heterocycles. The zero-order valence-electron chi connectivity index (χ0n) is 9.83. The van der Waals surface area contributed by atoms with E-state index in [1.165, 1.54) is 0 Å². The molecule has 0 aliphatic rings. The number of rotatable bonds is 3. The normalized spacial score (nSPS) is 13.6. The predicted octanol–water partition coefficient (Wildman–Crippen LogP) is 2.97. The number of hydrogen-bond donors (Lipinski definition) is 1. The van der Waals surface area contributed by atoms with E-state index in [-0.39, 0.29) is 12.2 Å². The highest BCUT2D eigenvalue weighted by Gasteiger charge is 2.28. The molecule has 0 radical (unpaired) electrons. The fraction of sp³-hybridized carbons (Fsp3) is 0.462. The Morgan fingerprint density at radius 3 is 2.25 bits per heavy atom. The first-order valence-electron chi connectivity index (χ1n) is 5.26. The van der Waals surface area contributed by atoms with Crippen molar-refractivity contribution in [3.63, 3.8) is 0 Å². The molecule has 0 bridgehead atoms. The van der Waals surface area contributed by atoms with Gasteiger partial charge in [-0.3, -0.25) is 4.79 Å². The van der Waals surface area contributed by atoms with Crippen LogP contribution in [0.25, 0.3) is 0 Å². The molecule has 0 aromatic heterocycles. The van der Waals surface area contributed by atoms with Crippen LogP contribution < -0.4 is 0 Å². The summed E-state index contributed by atoms with van der Waals surface area (Å²) >= 11 is 3.34. The molecule has 0 heterocycles. The van der Waals surface area contributed by atoms with Crippen LogP contribution in [0.1, 0.15) is 26.3 Å². The smallest absolute Gasteiger partial charge is 0.166 e. The minimum Gasteiger partial charge on any atom is -0.385 e. The number of hydrogen-bond acceptors (Lipinski definition) is 2. The van der Waals surface area contributed by atoms with Crippen molar-refractivity contribution in [2.75, 3.05) is 0 Å². The van der Waals surface area contributed by atoms with Gasteiger partial charge in [0.1, 0.15) is 6.10 Å². The maximum absolute atomic E-state index is 11.8. The maximum atomic E-state index is 11.8. The lowest BCUT2D eigenvalue weighted by molar-refractivity contribution is -0.131. The van der Waals surface area contributed by atoms with Gasteiger partial charge in [-0.25, -0.2) is 0 Å². The van der Waals surface area contributed by atoms with Crippen molar-refractivity contribution < 1.29 is 9.90 Å². The van der Waals surface area contributed by atoms with Crippen LogP contribution in [0.4, 0.5) is 0 Å². The Balaban J connectivity index is 2.68. The van der Waals surface area contributed by atoms with Gasteiger partial charge in [-0.05, 0) is 23.1 Å². The van der Waals surface area contributed by atoms with Gasteiger partial charge in [0.05, 0.1) is 0 Å². The Hall–Kier alpha value is -0.670. The molecule has 1 rings (SSSR count). The van der Waals surface area contributed by atoms with Crippen molar-refractivity contribution in [2.45, 2.75) is 33.3 Å². The van der Waals surface area contributed by atoms with Crippen LogP contribution in [0, 0.1) is 5.41 Å². The highest BCUT2D eigenvalue weighted by atomic mass is 79.9. The zero-order chi connectivity index (χ0) is 12.3. The van der Waals surface area contributed by atoms with Gasteiger partial charge < -0.3 is 5.11 Å². The molecule has 1 atom stereocenters. The second-order valence-corrected chi connectivity index (χ2v) is 5.95. The monoisotopic (exact) mass is 284 g/mol. The number of ketones is 1. The van der Waals surface area contributed by atoms with Crippen molar-refractivity contribution in [1.82, 2.24) is 0 Å². The Bertz CT molecular complexity index is 363. The number of aliphatic hydroxyl groups excluding tert-OH is 1. The van der Waals surface area contributed by atoms with Gasteiger partial charge >= 0.3 is 0 Å². The SMILES string of the molecule is CC(C)(C)C(O)C(=O)Cc1ccc(Br)cc1. The summed E-state index contributed by atoms with van der Waals surface area (Å²) in [5, 5.41) is 9.81. The highest BCUT2D eigenvalue weighted by Crippen LogP contribution is 2.21. The van der Waals surface area contributed by atoms with Crippen molar-refractivity contribution in [3.05, 3.63) is 34.3 Å². The number of carbonyl (C=O) groups is 1. The number of benzene rings is 1. The lowest BCUT2D eigenvalue weighted by atomic mass is 9.85. The molecule has 0 aliphatic heterocycles. The third-order valence-electron chi connectivity index (χ3n) is 2.42. The average molecular weight is 285 g/mol.